The SMILES string of the molecule is C[C@]12CC[C@H]3[C@@H](CC[C@H]4NCCC(=O)[C@@]43C)[C@@H]1CC[C@@H]2C(=S)c1ccccn1. The molecule has 0 radical (unpaired) electrons. The van der Waals surface area contributed by atoms with E-state index >= 15 is 0 Å². The molecule has 150 valence electrons. The van der Waals surface area contributed by atoms with Crippen molar-refractivity contribution in [1.29, 1.82) is 0 Å². The average Bonchev–Trinajstić information content (AvgIpc) is 3.06. The van der Waals surface area contributed by atoms with Gasteiger partial charge in [0.1, 0.15) is 5.78 Å². The number of thiocarbonyl (C=S) groups is 1. The number of carbonyl (C=O) groups is 1. The summed E-state index contributed by atoms with van der Waals surface area (Å²) in [6, 6.07) is 6.48. The number of hydrogen-bond donors (Lipinski definition) is 1. The number of piperidine rings is 1. The van der Waals surface area contributed by atoms with Crippen molar-refractivity contribution < 1.29 is 4.79 Å². The zero-order valence-electron chi connectivity index (χ0n) is 17.1. The summed E-state index contributed by atoms with van der Waals surface area (Å²) >= 11 is 5.97. The van der Waals surface area contributed by atoms with Crippen LogP contribution in [0.3, 0.4) is 0 Å². The molecule has 1 saturated heterocycles. The minimum absolute atomic E-state index is 0.151. The summed E-state index contributed by atoms with van der Waals surface area (Å²) in [5.41, 5.74) is 1.11. The lowest BCUT2D eigenvalue weighted by molar-refractivity contribution is -0.149. The second-order valence-corrected chi connectivity index (χ2v) is 10.6. The van der Waals surface area contributed by atoms with Gasteiger partial charge in [0, 0.05) is 41.4 Å². The Balaban J connectivity index is 1.44. The number of nitrogens with one attached hydrogen (secondary N) is 1. The number of pyridine rings is 1. The van der Waals surface area contributed by atoms with Gasteiger partial charge < -0.3 is 5.32 Å². The molecule has 1 aliphatic heterocycles. The van der Waals surface area contributed by atoms with Gasteiger partial charge in [0.25, 0.3) is 0 Å². The molecule has 5 rings (SSSR count). The molecule has 2 heterocycles. The molecule has 0 spiro atoms. The van der Waals surface area contributed by atoms with E-state index in [0.29, 0.717) is 41.9 Å². The van der Waals surface area contributed by atoms with Crippen LogP contribution in [0.5, 0.6) is 0 Å². The fourth-order valence-corrected chi connectivity index (χ4v) is 8.32. The summed E-state index contributed by atoms with van der Waals surface area (Å²) in [4.78, 5) is 18.7. The average molecular weight is 397 g/mol. The normalized spacial score (nSPS) is 45.1. The maximum absolute atomic E-state index is 13.1. The van der Waals surface area contributed by atoms with Gasteiger partial charge in [-0.2, -0.15) is 0 Å². The molecule has 3 saturated carbocycles. The van der Waals surface area contributed by atoms with E-state index < -0.39 is 0 Å². The Morgan fingerprint density at radius 1 is 1.14 bits per heavy atom. The van der Waals surface area contributed by atoms with Crippen molar-refractivity contribution in [3.63, 3.8) is 0 Å². The lowest BCUT2D eigenvalue weighted by Gasteiger charge is -2.59. The minimum atomic E-state index is -0.151. The molecule has 1 N–H and O–H groups in total. The summed E-state index contributed by atoms with van der Waals surface area (Å²) in [5.74, 6) is 2.90. The molecule has 3 nitrogen and oxygen atoms in total. The Bertz CT molecular complexity index is 795. The zero-order valence-corrected chi connectivity index (χ0v) is 17.9. The highest BCUT2D eigenvalue weighted by atomic mass is 32.1. The van der Waals surface area contributed by atoms with Crippen molar-refractivity contribution in [2.24, 2.45) is 34.5 Å². The Hall–Kier alpha value is -1.13. The van der Waals surface area contributed by atoms with Crippen LogP contribution in [0.1, 0.15) is 64.5 Å². The highest BCUT2D eigenvalue weighted by Crippen LogP contribution is 2.65. The van der Waals surface area contributed by atoms with Gasteiger partial charge in [0.15, 0.2) is 0 Å². The number of rotatable bonds is 2. The van der Waals surface area contributed by atoms with Crippen LogP contribution in [0, 0.1) is 34.5 Å². The number of carbonyl (C=O) groups excluding carboxylic acids is 1. The fraction of sp³-hybridized carbons (Fsp3) is 0.708. The zero-order chi connectivity index (χ0) is 19.5. The van der Waals surface area contributed by atoms with Crippen molar-refractivity contribution in [3.8, 4) is 0 Å². The van der Waals surface area contributed by atoms with Gasteiger partial charge in [-0.3, -0.25) is 9.78 Å². The third-order valence-corrected chi connectivity index (χ3v) is 9.79. The molecule has 0 aromatic carbocycles. The molecular formula is C24H32N2OS. The van der Waals surface area contributed by atoms with Crippen LogP contribution >= 0.6 is 12.2 Å². The Morgan fingerprint density at radius 2 is 2.00 bits per heavy atom. The topological polar surface area (TPSA) is 42.0 Å². The molecule has 3 aliphatic carbocycles. The molecule has 4 aliphatic rings. The van der Waals surface area contributed by atoms with Gasteiger partial charge >= 0.3 is 0 Å². The summed E-state index contributed by atoms with van der Waals surface area (Å²) < 4.78 is 0. The summed E-state index contributed by atoms with van der Waals surface area (Å²) in [6.45, 7) is 5.66. The first kappa shape index (κ1) is 18.9. The fourth-order valence-electron chi connectivity index (χ4n) is 7.81. The second-order valence-electron chi connectivity index (χ2n) is 10.2. The van der Waals surface area contributed by atoms with E-state index in [2.05, 4.69) is 30.2 Å². The quantitative estimate of drug-likeness (QED) is 0.586. The van der Waals surface area contributed by atoms with Crippen LogP contribution in [-0.2, 0) is 4.79 Å². The molecule has 4 heteroatoms. The molecular weight excluding hydrogens is 364 g/mol. The molecule has 28 heavy (non-hydrogen) atoms. The summed E-state index contributed by atoms with van der Waals surface area (Å²) in [6.07, 6.45) is 9.83. The predicted molar refractivity (Wildman–Crippen MR) is 115 cm³/mol. The lowest BCUT2D eigenvalue weighted by atomic mass is 9.46. The van der Waals surface area contributed by atoms with Gasteiger partial charge in [0.2, 0.25) is 0 Å². The number of hydrogen-bond acceptors (Lipinski definition) is 4. The number of fused-ring (bicyclic) bond motifs is 5. The first-order chi connectivity index (χ1) is 13.5. The molecule has 4 fully saturated rings. The van der Waals surface area contributed by atoms with Crippen molar-refractivity contribution in [2.75, 3.05) is 6.54 Å². The molecule has 0 bridgehead atoms. The maximum Gasteiger partial charge on any atom is 0.141 e. The number of nitrogens with zero attached hydrogens (tertiary/aromatic N) is 1. The van der Waals surface area contributed by atoms with Crippen molar-refractivity contribution in [1.82, 2.24) is 10.3 Å². The van der Waals surface area contributed by atoms with Crippen LogP contribution in [0.15, 0.2) is 24.4 Å². The largest absolute Gasteiger partial charge is 0.313 e. The smallest absolute Gasteiger partial charge is 0.141 e. The maximum atomic E-state index is 13.1. The van der Waals surface area contributed by atoms with E-state index in [9.17, 15) is 4.79 Å². The monoisotopic (exact) mass is 396 g/mol. The van der Waals surface area contributed by atoms with Crippen LogP contribution in [-0.4, -0.2) is 28.2 Å². The lowest BCUT2D eigenvalue weighted by Crippen LogP contribution is -2.63. The molecule has 0 amide bonds. The first-order valence-corrected chi connectivity index (χ1v) is 11.6. The van der Waals surface area contributed by atoms with Gasteiger partial charge in [0.05, 0.1) is 5.69 Å². The number of ketones is 1. The van der Waals surface area contributed by atoms with E-state index in [0.717, 1.165) is 23.5 Å². The molecule has 7 atom stereocenters. The minimum Gasteiger partial charge on any atom is -0.313 e. The van der Waals surface area contributed by atoms with E-state index in [1.165, 1.54) is 32.1 Å². The third kappa shape index (κ3) is 2.53. The van der Waals surface area contributed by atoms with E-state index in [1.54, 1.807) is 0 Å². The predicted octanol–water partition coefficient (Wildman–Crippen LogP) is 4.59. The van der Waals surface area contributed by atoms with Crippen LogP contribution in [0.4, 0.5) is 0 Å². The summed E-state index contributed by atoms with van der Waals surface area (Å²) in [7, 11) is 0. The Labute approximate surface area is 174 Å². The standard InChI is InChI=1S/C24H32N2OS/c1-23-12-10-17-15(6-9-20-24(17,2)21(27)11-14-26-20)16(23)7-8-18(23)22(28)19-5-3-4-13-25-19/h3-5,13,15-18,20,26H,6-12,14H2,1-2H3/t15-,16-,17-,18+,20+,23-,24+/m0/s1. The molecule has 1 aromatic rings. The van der Waals surface area contributed by atoms with Crippen molar-refractivity contribution in [2.45, 2.75) is 64.8 Å². The van der Waals surface area contributed by atoms with Gasteiger partial charge in [-0.25, -0.2) is 0 Å². The van der Waals surface area contributed by atoms with E-state index in [4.69, 9.17) is 12.2 Å². The van der Waals surface area contributed by atoms with Crippen LogP contribution in [0.25, 0.3) is 0 Å². The number of Topliss-reactive ketones (excluding diaryl/α,β-unsaturated/α-hetero) is 1. The highest BCUT2D eigenvalue weighted by molar-refractivity contribution is 7.80. The Kier molecular flexibility index (Phi) is 4.52. The van der Waals surface area contributed by atoms with E-state index in [-0.39, 0.29) is 10.8 Å². The molecule has 1 aromatic heterocycles. The van der Waals surface area contributed by atoms with Crippen LogP contribution < -0.4 is 5.32 Å². The third-order valence-electron chi connectivity index (χ3n) is 9.30. The van der Waals surface area contributed by atoms with Crippen molar-refractivity contribution in [3.05, 3.63) is 30.1 Å². The van der Waals surface area contributed by atoms with E-state index in [1.807, 2.05) is 18.3 Å². The van der Waals surface area contributed by atoms with Crippen LogP contribution in [0.2, 0.25) is 0 Å². The first-order valence-electron chi connectivity index (χ1n) is 11.2. The molecule has 0 unspecified atom stereocenters. The van der Waals surface area contributed by atoms with Crippen molar-refractivity contribution >= 4 is 22.9 Å². The van der Waals surface area contributed by atoms with Gasteiger partial charge in [-0.15, -0.1) is 0 Å². The summed E-state index contributed by atoms with van der Waals surface area (Å²) in [5, 5.41) is 3.69. The highest BCUT2D eigenvalue weighted by Gasteiger charge is 2.62. The Morgan fingerprint density at radius 3 is 2.79 bits per heavy atom. The van der Waals surface area contributed by atoms with Gasteiger partial charge in [-0.05, 0) is 73.8 Å². The van der Waals surface area contributed by atoms with Gasteiger partial charge in [-0.1, -0.05) is 32.1 Å². The number of aromatic nitrogens is 1. The second kappa shape index (κ2) is 6.70.